The van der Waals surface area contributed by atoms with Crippen LogP contribution in [0, 0.1) is 0 Å². The first-order chi connectivity index (χ1) is 14.5. The topological polar surface area (TPSA) is 94.9 Å². The highest BCUT2D eigenvalue weighted by atomic mass is 32.2. The molecule has 1 N–H and O–H groups in total. The third kappa shape index (κ3) is 4.16. The molecule has 0 fully saturated rings. The SMILES string of the molecule is COc1ccc(OCc2nnc(S[C@@H](C)c3nc4ccccc4c(=O)[nH]3)n2C)cc1. The van der Waals surface area contributed by atoms with Crippen molar-refractivity contribution >= 4 is 22.7 Å². The fourth-order valence-corrected chi connectivity index (χ4v) is 3.80. The normalized spacial score (nSPS) is 12.1. The van der Waals surface area contributed by atoms with E-state index in [2.05, 4.69) is 20.2 Å². The lowest BCUT2D eigenvalue weighted by Crippen LogP contribution is -2.13. The zero-order valence-electron chi connectivity index (χ0n) is 16.8. The van der Waals surface area contributed by atoms with Crippen molar-refractivity contribution in [1.82, 2.24) is 24.7 Å². The Morgan fingerprint density at radius 3 is 2.60 bits per heavy atom. The highest BCUT2D eigenvalue weighted by molar-refractivity contribution is 7.99. The van der Waals surface area contributed by atoms with E-state index in [-0.39, 0.29) is 17.4 Å². The van der Waals surface area contributed by atoms with Crippen molar-refractivity contribution in [2.45, 2.75) is 23.9 Å². The quantitative estimate of drug-likeness (QED) is 0.455. The number of aromatic nitrogens is 5. The van der Waals surface area contributed by atoms with E-state index in [1.54, 1.807) is 13.2 Å². The van der Waals surface area contributed by atoms with Crippen LogP contribution in [0.3, 0.4) is 0 Å². The van der Waals surface area contributed by atoms with Crippen LogP contribution in [0.1, 0.15) is 23.8 Å². The van der Waals surface area contributed by atoms with E-state index in [9.17, 15) is 4.79 Å². The lowest BCUT2D eigenvalue weighted by Gasteiger charge is -2.11. The van der Waals surface area contributed by atoms with Crippen LogP contribution in [0.5, 0.6) is 11.5 Å². The molecule has 2 aromatic carbocycles. The van der Waals surface area contributed by atoms with Gasteiger partial charge in [0.05, 0.1) is 23.3 Å². The molecule has 0 bridgehead atoms. The molecular weight excluding hydrogens is 402 g/mol. The number of hydrogen-bond donors (Lipinski definition) is 1. The largest absolute Gasteiger partial charge is 0.497 e. The number of fused-ring (bicyclic) bond motifs is 1. The van der Waals surface area contributed by atoms with Crippen LogP contribution >= 0.6 is 11.8 Å². The maximum Gasteiger partial charge on any atom is 0.258 e. The zero-order chi connectivity index (χ0) is 21.1. The average molecular weight is 423 g/mol. The number of rotatable bonds is 7. The number of aromatic amines is 1. The lowest BCUT2D eigenvalue weighted by molar-refractivity contribution is 0.290. The summed E-state index contributed by atoms with van der Waals surface area (Å²) < 4.78 is 12.8. The molecule has 0 saturated carbocycles. The molecule has 4 aromatic rings. The van der Waals surface area contributed by atoms with Crippen molar-refractivity contribution in [3.8, 4) is 11.5 Å². The molecule has 0 unspecified atom stereocenters. The van der Waals surface area contributed by atoms with Crippen LogP contribution in [0.2, 0.25) is 0 Å². The van der Waals surface area contributed by atoms with Gasteiger partial charge >= 0.3 is 0 Å². The molecule has 2 aromatic heterocycles. The van der Waals surface area contributed by atoms with Crippen molar-refractivity contribution in [2.24, 2.45) is 7.05 Å². The highest BCUT2D eigenvalue weighted by Gasteiger charge is 2.17. The van der Waals surface area contributed by atoms with Gasteiger partial charge in [-0.1, -0.05) is 23.9 Å². The number of benzene rings is 2. The number of H-pyrrole nitrogens is 1. The molecular formula is C21H21N5O3S. The minimum absolute atomic E-state index is 0.111. The summed E-state index contributed by atoms with van der Waals surface area (Å²) in [5, 5.41) is 9.67. The van der Waals surface area contributed by atoms with Crippen LogP contribution in [-0.2, 0) is 13.7 Å². The van der Waals surface area contributed by atoms with E-state index in [4.69, 9.17) is 9.47 Å². The number of para-hydroxylation sites is 1. The number of nitrogens with zero attached hydrogens (tertiary/aromatic N) is 4. The summed E-state index contributed by atoms with van der Waals surface area (Å²) in [5.74, 6) is 2.79. The van der Waals surface area contributed by atoms with Crippen LogP contribution in [0.15, 0.2) is 58.5 Å². The molecule has 9 heteroatoms. The standard InChI is InChI=1S/C21H21N5O3S/c1-13(19-22-17-7-5-4-6-16(17)20(27)23-19)30-21-25-24-18(26(21)2)12-29-15-10-8-14(28-3)9-11-15/h4-11,13H,12H2,1-3H3,(H,22,23,27)/t13-/m0/s1. The molecule has 0 aliphatic heterocycles. The molecule has 4 rings (SSSR count). The van der Waals surface area contributed by atoms with Crippen LogP contribution < -0.4 is 15.0 Å². The molecule has 0 saturated heterocycles. The number of hydrogen-bond acceptors (Lipinski definition) is 7. The van der Waals surface area contributed by atoms with Gasteiger partial charge in [0.25, 0.3) is 5.56 Å². The van der Waals surface area contributed by atoms with Crippen molar-refractivity contribution in [3.05, 3.63) is 70.5 Å². The van der Waals surface area contributed by atoms with Crippen LogP contribution in [0.4, 0.5) is 0 Å². The van der Waals surface area contributed by atoms with E-state index in [0.717, 1.165) is 11.5 Å². The summed E-state index contributed by atoms with van der Waals surface area (Å²) >= 11 is 1.47. The van der Waals surface area contributed by atoms with E-state index in [0.29, 0.717) is 27.7 Å². The maximum absolute atomic E-state index is 12.3. The fourth-order valence-electron chi connectivity index (χ4n) is 2.90. The fraction of sp³-hybridized carbons (Fsp3) is 0.238. The first-order valence-electron chi connectivity index (χ1n) is 9.36. The Morgan fingerprint density at radius 2 is 1.83 bits per heavy atom. The second-order valence-electron chi connectivity index (χ2n) is 6.65. The van der Waals surface area contributed by atoms with E-state index in [1.807, 2.05) is 61.0 Å². The molecule has 2 heterocycles. The second-order valence-corrected chi connectivity index (χ2v) is 7.96. The van der Waals surface area contributed by atoms with E-state index < -0.39 is 0 Å². The molecule has 0 aliphatic carbocycles. The van der Waals surface area contributed by atoms with E-state index >= 15 is 0 Å². The van der Waals surface area contributed by atoms with Crippen molar-refractivity contribution < 1.29 is 9.47 Å². The Balaban J connectivity index is 1.46. The van der Waals surface area contributed by atoms with Crippen LogP contribution in [0.25, 0.3) is 10.9 Å². The average Bonchev–Trinajstić information content (AvgIpc) is 3.11. The third-order valence-electron chi connectivity index (χ3n) is 4.65. The van der Waals surface area contributed by atoms with Crippen LogP contribution in [-0.4, -0.2) is 31.8 Å². The molecule has 30 heavy (non-hydrogen) atoms. The first kappa shape index (κ1) is 20.0. The van der Waals surface area contributed by atoms with Gasteiger partial charge in [-0.25, -0.2) is 4.98 Å². The summed E-state index contributed by atoms with van der Waals surface area (Å²) in [7, 11) is 3.51. The van der Waals surface area contributed by atoms with Gasteiger partial charge in [0, 0.05) is 7.05 Å². The number of thioether (sulfide) groups is 1. The summed E-state index contributed by atoms with van der Waals surface area (Å²) in [6.45, 7) is 2.26. The second kappa shape index (κ2) is 8.58. The summed E-state index contributed by atoms with van der Waals surface area (Å²) in [6, 6.07) is 14.7. The Hall–Kier alpha value is -3.33. The molecule has 0 aliphatic rings. The predicted octanol–water partition coefficient (Wildman–Crippen LogP) is 3.49. The van der Waals surface area contributed by atoms with Crippen molar-refractivity contribution in [3.63, 3.8) is 0 Å². The summed E-state index contributed by atoms with van der Waals surface area (Å²) in [6.07, 6.45) is 0. The van der Waals surface area contributed by atoms with Gasteiger partial charge in [0.15, 0.2) is 11.0 Å². The Morgan fingerprint density at radius 1 is 1.10 bits per heavy atom. The Kier molecular flexibility index (Phi) is 5.71. The van der Waals surface area contributed by atoms with Gasteiger partial charge in [0.2, 0.25) is 0 Å². The number of ether oxygens (including phenoxy) is 2. The zero-order valence-corrected chi connectivity index (χ0v) is 17.6. The minimum atomic E-state index is -0.144. The number of nitrogens with one attached hydrogen (secondary N) is 1. The molecule has 0 spiro atoms. The first-order valence-corrected chi connectivity index (χ1v) is 10.2. The van der Waals surface area contributed by atoms with Gasteiger partial charge < -0.3 is 19.0 Å². The Labute approximate surface area is 177 Å². The predicted molar refractivity (Wildman–Crippen MR) is 115 cm³/mol. The molecule has 0 radical (unpaired) electrons. The smallest absolute Gasteiger partial charge is 0.258 e. The molecule has 0 amide bonds. The van der Waals surface area contributed by atoms with Gasteiger partial charge in [-0.15, -0.1) is 10.2 Å². The van der Waals surface area contributed by atoms with Gasteiger partial charge in [0.1, 0.15) is 23.9 Å². The van der Waals surface area contributed by atoms with Crippen molar-refractivity contribution in [1.29, 1.82) is 0 Å². The molecule has 8 nitrogen and oxygen atoms in total. The van der Waals surface area contributed by atoms with Crippen molar-refractivity contribution in [2.75, 3.05) is 7.11 Å². The summed E-state index contributed by atoms with van der Waals surface area (Å²) in [4.78, 5) is 19.8. The summed E-state index contributed by atoms with van der Waals surface area (Å²) in [5.41, 5.74) is 0.532. The monoisotopic (exact) mass is 423 g/mol. The van der Waals surface area contributed by atoms with Gasteiger partial charge in [-0.2, -0.15) is 0 Å². The molecule has 154 valence electrons. The van der Waals surface area contributed by atoms with Gasteiger partial charge in [-0.05, 0) is 43.3 Å². The van der Waals surface area contributed by atoms with E-state index in [1.165, 1.54) is 11.8 Å². The minimum Gasteiger partial charge on any atom is -0.497 e. The van der Waals surface area contributed by atoms with Gasteiger partial charge in [-0.3, -0.25) is 4.79 Å². The molecule has 1 atom stereocenters. The third-order valence-corrected chi connectivity index (χ3v) is 5.79. The highest BCUT2D eigenvalue weighted by Crippen LogP contribution is 2.32. The maximum atomic E-state index is 12.3. The Bertz CT molecular complexity index is 1220. The number of methoxy groups -OCH3 is 1. The lowest BCUT2D eigenvalue weighted by atomic mass is 10.2.